The number of aliphatic imine (C=N–C) groups is 1. The molecule has 4 rings (SSSR count). The monoisotopic (exact) mass is 526 g/mol. The molecule has 3 aromatic carbocycles. The van der Waals surface area contributed by atoms with E-state index in [0.29, 0.717) is 22.8 Å². The molecule has 8 nitrogen and oxygen atoms in total. The van der Waals surface area contributed by atoms with E-state index in [-0.39, 0.29) is 10.9 Å². The number of para-hydroxylation sites is 1. The van der Waals surface area contributed by atoms with Gasteiger partial charge in [-0.2, -0.15) is 4.99 Å². The lowest BCUT2D eigenvalue weighted by atomic mass is 10.1. The van der Waals surface area contributed by atoms with Crippen molar-refractivity contribution < 1.29 is 22.7 Å². The molecule has 1 aromatic heterocycles. The van der Waals surface area contributed by atoms with Gasteiger partial charge in [-0.15, -0.1) is 30.9 Å². The predicted octanol–water partition coefficient (Wildman–Crippen LogP) is 6.33. The molecule has 0 aliphatic rings. The molecular formula is C25H21F3N6O2S. The lowest BCUT2D eigenvalue weighted by Gasteiger charge is -2.09. The van der Waals surface area contributed by atoms with Crippen molar-refractivity contribution in [3.05, 3.63) is 84.7 Å². The third-order valence-electron chi connectivity index (χ3n) is 5.07. The van der Waals surface area contributed by atoms with Crippen LogP contribution in [0.2, 0.25) is 0 Å². The molecule has 0 saturated heterocycles. The van der Waals surface area contributed by atoms with Gasteiger partial charge in [-0.3, -0.25) is 0 Å². The van der Waals surface area contributed by atoms with Crippen molar-refractivity contribution in [1.29, 1.82) is 0 Å². The summed E-state index contributed by atoms with van der Waals surface area (Å²) in [7, 11) is 0. The minimum atomic E-state index is -4.76. The van der Waals surface area contributed by atoms with Crippen LogP contribution >= 0.6 is 12.6 Å². The molecule has 0 aliphatic carbocycles. The Balaban J connectivity index is 1.38. The van der Waals surface area contributed by atoms with E-state index < -0.39 is 12.4 Å². The zero-order chi connectivity index (χ0) is 26.4. The number of rotatable bonds is 6. The van der Waals surface area contributed by atoms with E-state index in [1.54, 1.807) is 24.3 Å². The van der Waals surface area contributed by atoms with Crippen LogP contribution in [-0.4, -0.2) is 32.3 Å². The molecule has 0 fully saturated rings. The van der Waals surface area contributed by atoms with E-state index in [0.717, 1.165) is 17.7 Å². The van der Waals surface area contributed by atoms with Crippen LogP contribution in [-0.2, 0) is 6.42 Å². The van der Waals surface area contributed by atoms with Crippen LogP contribution in [0.3, 0.4) is 0 Å². The first-order chi connectivity index (χ1) is 17.7. The highest BCUT2D eigenvalue weighted by Gasteiger charge is 2.31. The Morgan fingerprint density at radius 3 is 2.41 bits per heavy atom. The fraction of sp³-hybridized carbons (Fsp3) is 0.120. The van der Waals surface area contributed by atoms with Crippen LogP contribution in [0.1, 0.15) is 12.5 Å². The Bertz CT molecular complexity index is 1400. The van der Waals surface area contributed by atoms with Gasteiger partial charge in [0.2, 0.25) is 0 Å². The summed E-state index contributed by atoms with van der Waals surface area (Å²) in [5, 5.41) is 10.2. The average Bonchev–Trinajstić information content (AvgIpc) is 3.34. The maximum Gasteiger partial charge on any atom is 0.573 e. The number of carbonyl (C=O) groups is 1. The molecule has 190 valence electrons. The normalized spacial score (nSPS) is 11.8. The highest BCUT2D eigenvalue weighted by molar-refractivity contribution is 7.97. The second-order valence-electron chi connectivity index (χ2n) is 7.63. The maximum absolute atomic E-state index is 12.3. The van der Waals surface area contributed by atoms with Crippen molar-refractivity contribution in [3.8, 4) is 22.8 Å². The van der Waals surface area contributed by atoms with Crippen LogP contribution in [0, 0.1) is 0 Å². The van der Waals surface area contributed by atoms with Crippen molar-refractivity contribution in [3.63, 3.8) is 0 Å². The molecule has 0 unspecified atom stereocenters. The zero-order valence-electron chi connectivity index (χ0n) is 19.4. The number of ether oxygens (including phenoxy) is 1. The number of halogens is 3. The molecule has 0 radical (unpaired) electrons. The Morgan fingerprint density at radius 2 is 1.73 bits per heavy atom. The van der Waals surface area contributed by atoms with Crippen LogP contribution in [0.25, 0.3) is 17.1 Å². The van der Waals surface area contributed by atoms with Gasteiger partial charge in [0.05, 0.1) is 5.69 Å². The fourth-order valence-corrected chi connectivity index (χ4v) is 3.58. The van der Waals surface area contributed by atoms with Gasteiger partial charge in [0.1, 0.15) is 12.1 Å². The summed E-state index contributed by atoms with van der Waals surface area (Å²) in [6.07, 6.45) is -2.50. The Kier molecular flexibility index (Phi) is 7.77. The number of hydrogen-bond acceptors (Lipinski definition) is 4. The standard InChI is InChI=1S/C25H21F3N6O2S/c1-2-16-5-3-4-6-21(16)31-24(37)32-23(35)30-18-9-7-17(8-10-18)22-29-15-34(33-22)19-11-13-20(14-12-19)36-25(26,27)28/h3-15H,2H2,1H3,(H3,30,31,32,35,37). The third-order valence-corrected chi connectivity index (χ3v) is 5.29. The molecule has 37 heavy (non-hydrogen) atoms. The molecule has 4 aromatic rings. The van der Waals surface area contributed by atoms with Gasteiger partial charge in [0.15, 0.2) is 11.0 Å². The Hall–Kier alpha value is -4.32. The molecule has 0 saturated carbocycles. The minimum absolute atomic E-state index is 0.155. The number of hydrogen-bond donors (Lipinski definition) is 3. The summed E-state index contributed by atoms with van der Waals surface area (Å²) in [4.78, 5) is 20.4. The quantitative estimate of drug-likeness (QED) is 0.155. The number of nitrogens with zero attached hydrogens (tertiary/aromatic N) is 4. The summed E-state index contributed by atoms with van der Waals surface area (Å²) in [5.41, 5.74) is 3.59. The van der Waals surface area contributed by atoms with Gasteiger partial charge in [-0.1, -0.05) is 25.1 Å². The average molecular weight is 527 g/mol. The van der Waals surface area contributed by atoms with E-state index >= 15 is 0 Å². The lowest BCUT2D eigenvalue weighted by Crippen LogP contribution is -2.17. The predicted molar refractivity (Wildman–Crippen MR) is 138 cm³/mol. The topological polar surface area (TPSA) is 93.4 Å². The highest BCUT2D eigenvalue weighted by Crippen LogP contribution is 2.24. The number of urea groups is 1. The van der Waals surface area contributed by atoms with E-state index in [1.165, 1.54) is 35.3 Å². The third kappa shape index (κ3) is 7.10. The van der Waals surface area contributed by atoms with Crippen molar-refractivity contribution in [1.82, 2.24) is 14.8 Å². The number of thiol groups is 1. The molecule has 0 atom stereocenters. The first-order valence-electron chi connectivity index (χ1n) is 11.0. The van der Waals surface area contributed by atoms with E-state index in [1.807, 2.05) is 31.2 Å². The van der Waals surface area contributed by atoms with Crippen molar-refractivity contribution in [2.75, 3.05) is 10.6 Å². The summed E-state index contributed by atoms with van der Waals surface area (Å²) in [5.74, 6) is 0.0631. The molecule has 0 spiro atoms. The molecule has 1 heterocycles. The summed E-state index contributed by atoms with van der Waals surface area (Å²) < 4.78 is 42.3. The summed E-state index contributed by atoms with van der Waals surface area (Å²) >= 11 is 4.26. The van der Waals surface area contributed by atoms with Gasteiger partial charge in [-0.25, -0.2) is 14.5 Å². The molecule has 12 heteroatoms. The number of anilines is 2. The number of aromatic nitrogens is 3. The number of aryl methyl sites for hydroxylation is 1. The summed E-state index contributed by atoms with van der Waals surface area (Å²) in [6, 6.07) is 19.1. The smallest absolute Gasteiger partial charge is 0.406 e. The second kappa shape index (κ2) is 11.2. The Labute approximate surface area is 215 Å². The van der Waals surface area contributed by atoms with E-state index in [4.69, 9.17) is 0 Å². The van der Waals surface area contributed by atoms with Gasteiger partial charge < -0.3 is 15.4 Å². The molecule has 0 aliphatic heterocycles. The van der Waals surface area contributed by atoms with E-state index in [2.05, 4.69) is 43.1 Å². The number of carbonyl (C=O) groups excluding carboxylic acids is 1. The molecule has 2 N–H and O–H groups in total. The number of benzene rings is 3. The minimum Gasteiger partial charge on any atom is -0.406 e. The summed E-state index contributed by atoms with van der Waals surface area (Å²) in [6.45, 7) is 2.03. The first-order valence-corrected chi connectivity index (χ1v) is 11.5. The molecule has 2 amide bonds. The van der Waals surface area contributed by atoms with Crippen LogP contribution in [0.4, 0.5) is 29.3 Å². The van der Waals surface area contributed by atoms with Gasteiger partial charge in [0, 0.05) is 16.9 Å². The fourth-order valence-electron chi connectivity index (χ4n) is 3.37. The van der Waals surface area contributed by atoms with Gasteiger partial charge >= 0.3 is 12.4 Å². The number of amides is 2. The maximum atomic E-state index is 12.3. The van der Waals surface area contributed by atoms with Gasteiger partial charge in [0.25, 0.3) is 0 Å². The second-order valence-corrected chi connectivity index (χ2v) is 8.06. The zero-order valence-corrected chi connectivity index (χ0v) is 20.3. The highest BCUT2D eigenvalue weighted by atomic mass is 32.1. The van der Waals surface area contributed by atoms with Crippen molar-refractivity contribution in [2.45, 2.75) is 19.7 Å². The lowest BCUT2D eigenvalue weighted by molar-refractivity contribution is -0.274. The largest absolute Gasteiger partial charge is 0.573 e. The number of alkyl halides is 3. The van der Waals surface area contributed by atoms with E-state index in [9.17, 15) is 18.0 Å². The first kappa shape index (κ1) is 25.8. The Morgan fingerprint density at radius 1 is 1.03 bits per heavy atom. The van der Waals surface area contributed by atoms with Crippen molar-refractivity contribution >= 4 is 35.2 Å². The molecule has 0 bridgehead atoms. The van der Waals surface area contributed by atoms with Crippen molar-refractivity contribution in [2.24, 2.45) is 4.99 Å². The molecular weight excluding hydrogens is 505 g/mol. The van der Waals surface area contributed by atoms with Crippen LogP contribution < -0.4 is 15.4 Å². The SMILES string of the molecule is CCc1ccccc1N/C(S)=N/C(=O)Nc1ccc(-c2ncn(-c3ccc(OC(F)(F)F)cc3)n2)cc1. The number of nitrogens with one attached hydrogen (secondary N) is 2. The van der Waals surface area contributed by atoms with Crippen LogP contribution in [0.15, 0.2) is 84.1 Å². The van der Waals surface area contributed by atoms with Gasteiger partial charge in [-0.05, 0) is 66.6 Å². The van der Waals surface area contributed by atoms with Crippen LogP contribution in [0.5, 0.6) is 5.75 Å². The number of amidine groups is 1.